The van der Waals surface area contributed by atoms with Crippen molar-refractivity contribution in [1.82, 2.24) is 0 Å². The Kier molecular flexibility index (Phi) is 8.28. The molecule has 0 atom stereocenters. The summed E-state index contributed by atoms with van der Waals surface area (Å²) in [6.07, 6.45) is 2.05. The molecule has 6 heteroatoms. The van der Waals surface area contributed by atoms with Gasteiger partial charge in [0.05, 0.1) is 8.07 Å². The number of ether oxygens (including phenoxy) is 1. The smallest absolute Gasteiger partial charge is 0.333 e. The second-order valence-electron chi connectivity index (χ2n) is 9.55. The van der Waals surface area contributed by atoms with Crippen molar-refractivity contribution in [3.63, 3.8) is 0 Å². The molecular weight excluding hydrogens is 462 g/mol. The van der Waals surface area contributed by atoms with Crippen LogP contribution in [0.4, 0.5) is 8.78 Å². The Morgan fingerprint density at radius 1 is 0.971 bits per heavy atom. The molecule has 1 N–H and O–H groups in total. The molecule has 0 aromatic heterocycles. The summed E-state index contributed by atoms with van der Waals surface area (Å²) in [5, 5.41) is 10.7. The van der Waals surface area contributed by atoms with Crippen LogP contribution in [0.5, 0.6) is 5.75 Å². The van der Waals surface area contributed by atoms with Crippen molar-refractivity contribution in [3.8, 4) is 28.0 Å². The number of unbranched alkanes of at least 4 members (excludes halogenated alkanes) is 1. The molecule has 3 aromatic carbocycles. The number of hydrogen-bond donors (Lipinski definition) is 1. The van der Waals surface area contributed by atoms with E-state index in [9.17, 15) is 9.90 Å². The quantitative estimate of drug-likeness (QED) is 0.192. The molecule has 0 amide bonds. The Balaban J connectivity index is 1.86. The summed E-state index contributed by atoms with van der Waals surface area (Å²) < 4.78 is 35.3. The van der Waals surface area contributed by atoms with Crippen LogP contribution in [0.1, 0.15) is 32.3 Å². The van der Waals surface area contributed by atoms with E-state index in [1.165, 1.54) is 6.07 Å². The van der Waals surface area contributed by atoms with Gasteiger partial charge in [0.15, 0.2) is 11.6 Å². The number of halogens is 2. The van der Waals surface area contributed by atoms with Crippen LogP contribution in [-0.2, 0) is 16.1 Å². The molecule has 0 spiro atoms. The fourth-order valence-electron chi connectivity index (χ4n) is 4.04. The van der Waals surface area contributed by atoms with Gasteiger partial charge < -0.3 is 9.84 Å². The van der Waals surface area contributed by atoms with Gasteiger partial charge in [-0.15, -0.1) is 0 Å². The van der Waals surface area contributed by atoms with E-state index in [2.05, 4.69) is 26.6 Å². The molecule has 0 unspecified atom stereocenters. The van der Waals surface area contributed by atoms with Crippen molar-refractivity contribution in [2.24, 2.45) is 0 Å². The highest BCUT2D eigenvalue weighted by Gasteiger charge is 2.28. The molecule has 3 rings (SSSR count). The first-order chi connectivity index (χ1) is 16.5. The van der Waals surface area contributed by atoms with Gasteiger partial charge in [-0.05, 0) is 40.9 Å². The number of carbonyl (C=O) groups excluding carboxylic acids is 1. The molecule has 35 heavy (non-hydrogen) atoms. The first-order valence-electron chi connectivity index (χ1n) is 11.8. The van der Waals surface area contributed by atoms with Crippen molar-refractivity contribution in [1.29, 1.82) is 0 Å². The average Bonchev–Trinajstić information content (AvgIpc) is 2.83. The predicted octanol–water partition coefficient (Wildman–Crippen LogP) is 7.34. The Hall–Kier alpha value is -3.25. The van der Waals surface area contributed by atoms with Gasteiger partial charge >= 0.3 is 5.97 Å². The van der Waals surface area contributed by atoms with E-state index in [1.54, 1.807) is 43.3 Å². The largest absolute Gasteiger partial charge is 0.508 e. The summed E-state index contributed by atoms with van der Waals surface area (Å²) in [6.45, 7) is 11.3. The number of hydrogen-bond acceptors (Lipinski definition) is 3. The van der Waals surface area contributed by atoms with Gasteiger partial charge in [-0.2, -0.15) is 0 Å². The number of aromatic hydroxyl groups is 1. The molecule has 0 radical (unpaired) electrons. The first kappa shape index (κ1) is 26.4. The summed E-state index contributed by atoms with van der Waals surface area (Å²) in [4.78, 5) is 11.7. The molecule has 0 saturated heterocycles. The van der Waals surface area contributed by atoms with E-state index in [1.807, 2.05) is 12.1 Å². The number of esters is 1. The second kappa shape index (κ2) is 11.0. The lowest BCUT2D eigenvalue weighted by atomic mass is 9.98. The monoisotopic (exact) mass is 494 g/mol. The van der Waals surface area contributed by atoms with Crippen molar-refractivity contribution < 1.29 is 23.4 Å². The maximum absolute atomic E-state index is 15.1. The summed E-state index contributed by atoms with van der Waals surface area (Å²) >= 11 is 0. The number of phenols is 1. The summed E-state index contributed by atoms with van der Waals surface area (Å²) in [7, 11) is -2.06. The SMILES string of the molecule is C=C(C)C(=O)OCc1cc(-c2ccc(-c3ccc([Si](C)(C)CCCC)c(F)c3F)cc2)ccc1O. The minimum atomic E-state index is -2.06. The van der Waals surface area contributed by atoms with Crippen LogP contribution in [0.3, 0.4) is 0 Å². The Labute approximate surface area is 207 Å². The topological polar surface area (TPSA) is 46.5 Å². The minimum Gasteiger partial charge on any atom is -0.508 e. The van der Waals surface area contributed by atoms with Crippen LogP contribution in [0.15, 0.2) is 66.7 Å². The van der Waals surface area contributed by atoms with Crippen LogP contribution >= 0.6 is 0 Å². The van der Waals surface area contributed by atoms with Crippen LogP contribution in [-0.4, -0.2) is 19.1 Å². The van der Waals surface area contributed by atoms with E-state index in [4.69, 9.17) is 4.74 Å². The van der Waals surface area contributed by atoms with Crippen LogP contribution in [0, 0.1) is 11.6 Å². The molecule has 0 aliphatic heterocycles. The van der Waals surface area contributed by atoms with Gasteiger partial charge in [0, 0.05) is 16.7 Å². The molecule has 3 nitrogen and oxygen atoms in total. The van der Waals surface area contributed by atoms with Gasteiger partial charge in [-0.25, -0.2) is 13.6 Å². The van der Waals surface area contributed by atoms with E-state index in [0.717, 1.165) is 30.0 Å². The zero-order valence-corrected chi connectivity index (χ0v) is 21.8. The fraction of sp³-hybridized carbons (Fsp3) is 0.276. The van der Waals surface area contributed by atoms with Crippen LogP contribution < -0.4 is 5.19 Å². The van der Waals surface area contributed by atoms with Gasteiger partial charge in [-0.1, -0.05) is 87.9 Å². The zero-order chi connectivity index (χ0) is 25.8. The summed E-state index contributed by atoms with van der Waals surface area (Å²) in [5.74, 6) is -2.05. The van der Waals surface area contributed by atoms with Crippen molar-refractivity contribution in [3.05, 3.63) is 83.9 Å². The molecule has 0 saturated carbocycles. The third-order valence-corrected chi connectivity index (χ3v) is 9.73. The van der Waals surface area contributed by atoms with Gasteiger partial charge in [0.25, 0.3) is 0 Å². The second-order valence-corrected chi connectivity index (χ2v) is 14.4. The van der Waals surface area contributed by atoms with Crippen molar-refractivity contribution in [2.45, 2.75) is 52.4 Å². The van der Waals surface area contributed by atoms with Crippen molar-refractivity contribution >= 4 is 19.2 Å². The van der Waals surface area contributed by atoms with Gasteiger partial charge in [-0.3, -0.25) is 0 Å². The lowest BCUT2D eigenvalue weighted by Gasteiger charge is -2.24. The Morgan fingerprint density at radius 2 is 1.60 bits per heavy atom. The van der Waals surface area contributed by atoms with E-state index < -0.39 is 25.7 Å². The van der Waals surface area contributed by atoms with Crippen molar-refractivity contribution in [2.75, 3.05) is 0 Å². The Morgan fingerprint density at radius 3 is 2.23 bits per heavy atom. The number of rotatable bonds is 9. The highest BCUT2D eigenvalue weighted by Crippen LogP contribution is 2.31. The highest BCUT2D eigenvalue weighted by atomic mass is 28.3. The van der Waals surface area contributed by atoms with Crippen LogP contribution in [0.2, 0.25) is 19.1 Å². The standard InChI is InChI=1S/C29H32F2O3Si/c1-6-7-16-35(4,5)26-15-13-24(27(30)28(26)31)21-10-8-20(9-11-21)22-12-14-25(32)23(17-22)18-34-29(33)19(2)3/h8-15,17,32H,2,6-7,16,18H2,1,3-5H3. The molecule has 0 aliphatic rings. The molecule has 0 fully saturated rings. The first-order valence-corrected chi connectivity index (χ1v) is 15.0. The molecule has 0 aliphatic carbocycles. The lowest BCUT2D eigenvalue weighted by molar-refractivity contribution is -0.140. The molecule has 3 aromatic rings. The third kappa shape index (κ3) is 6.06. The Bertz CT molecular complexity index is 1230. The van der Waals surface area contributed by atoms with E-state index in [0.29, 0.717) is 16.3 Å². The van der Waals surface area contributed by atoms with Gasteiger partial charge in [0.1, 0.15) is 12.4 Å². The normalized spacial score (nSPS) is 11.4. The molecule has 184 valence electrons. The highest BCUT2D eigenvalue weighted by molar-refractivity contribution is 6.89. The molecule has 0 bridgehead atoms. The van der Waals surface area contributed by atoms with E-state index >= 15 is 8.78 Å². The summed E-state index contributed by atoms with van der Waals surface area (Å²) in [5.41, 5.74) is 3.17. The zero-order valence-electron chi connectivity index (χ0n) is 20.8. The lowest BCUT2D eigenvalue weighted by Crippen LogP contribution is -2.43. The van der Waals surface area contributed by atoms with Gasteiger partial charge in [0.2, 0.25) is 0 Å². The molecular formula is C29H32F2O3Si. The summed E-state index contributed by atoms with van der Waals surface area (Å²) in [6, 6.07) is 16.5. The number of carbonyl (C=O) groups is 1. The van der Waals surface area contributed by atoms with E-state index in [-0.39, 0.29) is 23.5 Å². The van der Waals surface area contributed by atoms with Crippen LogP contribution in [0.25, 0.3) is 22.3 Å². The third-order valence-electron chi connectivity index (χ3n) is 6.28. The maximum atomic E-state index is 15.1. The average molecular weight is 495 g/mol. The fourth-order valence-corrected chi connectivity index (χ4v) is 6.78. The maximum Gasteiger partial charge on any atom is 0.333 e. The molecule has 0 heterocycles. The number of benzene rings is 3. The number of phenolic OH excluding ortho intramolecular Hbond substituents is 1. The predicted molar refractivity (Wildman–Crippen MR) is 140 cm³/mol. The minimum absolute atomic E-state index is 0.0166.